The number of anilines is 1. The van der Waals surface area contributed by atoms with Crippen molar-refractivity contribution in [3.05, 3.63) is 60.2 Å². The maximum atomic E-state index is 12.5. The molecule has 0 N–H and O–H groups in total. The SMILES string of the molecule is Cn1c(N2CCN(C(=O)CCc3ccccc3)CC2)nc2ccccc21. The van der Waals surface area contributed by atoms with Gasteiger partial charge in [0.1, 0.15) is 0 Å². The number of amides is 1. The molecule has 1 aliphatic rings. The fraction of sp³-hybridized carbons (Fsp3) is 0.333. The van der Waals surface area contributed by atoms with Crippen LogP contribution < -0.4 is 4.90 Å². The van der Waals surface area contributed by atoms with Crippen LogP contribution in [0.25, 0.3) is 11.0 Å². The smallest absolute Gasteiger partial charge is 0.223 e. The van der Waals surface area contributed by atoms with E-state index < -0.39 is 0 Å². The summed E-state index contributed by atoms with van der Waals surface area (Å²) < 4.78 is 2.14. The lowest BCUT2D eigenvalue weighted by atomic mass is 10.1. The van der Waals surface area contributed by atoms with Gasteiger partial charge in [0.25, 0.3) is 0 Å². The Balaban J connectivity index is 1.36. The average molecular weight is 348 g/mol. The molecule has 1 fully saturated rings. The van der Waals surface area contributed by atoms with Gasteiger partial charge in [-0.3, -0.25) is 4.79 Å². The summed E-state index contributed by atoms with van der Waals surface area (Å²) in [6.45, 7) is 3.18. The predicted octanol–water partition coefficient (Wildman–Crippen LogP) is 2.85. The first-order valence-corrected chi connectivity index (χ1v) is 9.20. The standard InChI is InChI=1S/C21H24N4O/c1-23-19-10-6-5-9-18(19)22-21(23)25-15-13-24(14-16-25)20(26)12-11-17-7-3-2-4-8-17/h2-10H,11-16H2,1H3. The van der Waals surface area contributed by atoms with E-state index in [-0.39, 0.29) is 5.91 Å². The van der Waals surface area contributed by atoms with Gasteiger partial charge < -0.3 is 14.4 Å². The normalized spacial score (nSPS) is 14.8. The number of nitrogens with zero attached hydrogens (tertiary/aromatic N) is 4. The van der Waals surface area contributed by atoms with Crippen LogP contribution in [0.3, 0.4) is 0 Å². The first-order chi connectivity index (χ1) is 12.7. The molecule has 0 radical (unpaired) electrons. The molecule has 0 unspecified atom stereocenters. The summed E-state index contributed by atoms with van der Waals surface area (Å²) in [5.41, 5.74) is 3.38. The van der Waals surface area contributed by atoms with Crippen LogP contribution in [-0.2, 0) is 18.3 Å². The van der Waals surface area contributed by atoms with E-state index in [9.17, 15) is 4.79 Å². The van der Waals surface area contributed by atoms with Crippen molar-refractivity contribution in [3.8, 4) is 0 Å². The van der Waals surface area contributed by atoms with Crippen molar-refractivity contribution in [2.45, 2.75) is 12.8 Å². The molecule has 0 bridgehead atoms. The van der Waals surface area contributed by atoms with Crippen LogP contribution in [0.1, 0.15) is 12.0 Å². The number of fused-ring (bicyclic) bond motifs is 1. The number of aromatic nitrogens is 2. The maximum Gasteiger partial charge on any atom is 0.223 e. The molecule has 1 aromatic heterocycles. The zero-order chi connectivity index (χ0) is 17.9. The lowest BCUT2D eigenvalue weighted by Crippen LogP contribution is -2.49. The van der Waals surface area contributed by atoms with Gasteiger partial charge in [-0.1, -0.05) is 42.5 Å². The fourth-order valence-electron chi connectivity index (χ4n) is 3.63. The molecule has 5 nitrogen and oxygen atoms in total. The molecule has 1 amide bonds. The van der Waals surface area contributed by atoms with Crippen molar-refractivity contribution >= 4 is 22.9 Å². The molecule has 5 heteroatoms. The van der Waals surface area contributed by atoms with Crippen molar-refractivity contribution in [3.63, 3.8) is 0 Å². The van der Waals surface area contributed by atoms with Gasteiger partial charge >= 0.3 is 0 Å². The summed E-state index contributed by atoms with van der Waals surface area (Å²) in [6.07, 6.45) is 1.39. The fourth-order valence-corrected chi connectivity index (χ4v) is 3.63. The minimum Gasteiger partial charge on any atom is -0.339 e. The molecule has 4 rings (SSSR count). The molecular formula is C21H24N4O. The van der Waals surface area contributed by atoms with Crippen LogP contribution in [-0.4, -0.2) is 46.5 Å². The Morgan fingerprint density at radius 1 is 0.962 bits per heavy atom. The molecular weight excluding hydrogens is 324 g/mol. The Bertz CT molecular complexity index is 895. The van der Waals surface area contributed by atoms with Gasteiger partial charge in [-0.15, -0.1) is 0 Å². The largest absolute Gasteiger partial charge is 0.339 e. The van der Waals surface area contributed by atoms with E-state index in [2.05, 4.69) is 34.7 Å². The number of imidazole rings is 1. The number of carbonyl (C=O) groups is 1. The van der Waals surface area contributed by atoms with E-state index in [1.165, 1.54) is 5.56 Å². The third-order valence-electron chi connectivity index (χ3n) is 5.15. The van der Waals surface area contributed by atoms with E-state index in [1.54, 1.807) is 0 Å². The van der Waals surface area contributed by atoms with Crippen LogP contribution in [0.15, 0.2) is 54.6 Å². The zero-order valence-corrected chi connectivity index (χ0v) is 15.1. The van der Waals surface area contributed by atoms with Crippen LogP contribution in [0.2, 0.25) is 0 Å². The molecule has 1 saturated heterocycles. The Morgan fingerprint density at radius 2 is 1.65 bits per heavy atom. The minimum atomic E-state index is 0.249. The topological polar surface area (TPSA) is 41.4 Å². The highest BCUT2D eigenvalue weighted by Gasteiger charge is 2.23. The number of hydrogen-bond acceptors (Lipinski definition) is 3. The van der Waals surface area contributed by atoms with Crippen molar-refractivity contribution in [1.82, 2.24) is 14.5 Å². The Morgan fingerprint density at radius 3 is 2.38 bits per heavy atom. The van der Waals surface area contributed by atoms with E-state index >= 15 is 0 Å². The Labute approximate surface area is 153 Å². The van der Waals surface area contributed by atoms with Crippen LogP contribution in [0.5, 0.6) is 0 Å². The molecule has 0 spiro atoms. The molecule has 0 aliphatic carbocycles. The number of aryl methyl sites for hydroxylation is 2. The van der Waals surface area contributed by atoms with Crippen LogP contribution >= 0.6 is 0 Å². The highest BCUT2D eigenvalue weighted by Crippen LogP contribution is 2.22. The first-order valence-electron chi connectivity index (χ1n) is 9.20. The second-order valence-electron chi connectivity index (χ2n) is 6.81. The molecule has 2 aromatic carbocycles. The Hall–Kier alpha value is -2.82. The number of benzene rings is 2. The van der Waals surface area contributed by atoms with Crippen molar-refractivity contribution in [2.75, 3.05) is 31.1 Å². The average Bonchev–Trinajstić information content (AvgIpc) is 3.04. The second-order valence-corrected chi connectivity index (χ2v) is 6.81. The molecule has 2 heterocycles. The summed E-state index contributed by atoms with van der Waals surface area (Å²) in [6, 6.07) is 18.4. The van der Waals surface area contributed by atoms with Crippen molar-refractivity contribution in [1.29, 1.82) is 0 Å². The highest BCUT2D eigenvalue weighted by atomic mass is 16.2. The molecule has 0 atom stereocenters. The van der Waals surface area contributed by atoms with Gasteiger partial charge in [0.15, 0.2) is 0 Å². The predicted molar refractivity (Wildman–Crippen MR) is 104 cm³/mol. The molecule has 3 aromatic rings. The monoisotopic (exact) mass is 348 g/mol. The van der Waals surface area contributed by atoms with Crippen molar-refractivity contribution < 1.29 is 4.79 Å². The Kier molecular flexibility index (Phi) is 4.61. The first kappa shape index (κ1) is 16.6. The molecule has 26 heavy (non-hydrogen) atoms. The summed E-state index contributed by atoms with van der Waals surface area (Å²) in [7, 11) is 2.06. The number of carbonyl (C=O) groups excluding carboxylic acids is 1. The van der Waals surface area contributed by atoms with E-state index in [0.29, 0.717) is 6.42 Å². The van der Waals surface area contributed by atoms with Crippen LogP contribution in [0.4, 0.5) is 5.95 Å². The highest BCUT2D eigenvalue weighted by molar-refractivity contribution is 5.79. The maximum absolute atomic E-state index is 12.5. The zero-order valence-electron chi connectivity index (χ0n) is 15.1. The van der Waals surface area contributed by atoms with Crippen LogP contribution in [0, 0.1) is 0 Å². The summed E-state index contributed by atoms with van der Waals surface area (Å²) >= 11 is 0. The van der Waals surface area contributed by atoms with Gasteiger partial charge in [0.2, 0.25) is 11.9 Å². The van der Waals surface area contributed by atoms with Crippen molar-refractivity contribution in [2.24, 2.45) is 7.05 Å². The lowest BCUT2D eigenvalue weighted by Gasteiger charge is -2.35. The quantitative estimate of drug-likeness (QED) is 0.728. The number of hydrogen-bond donors (Lipinski definition) is 0. The summed E-state index contributed by atoms with van der Waals surface area (Å²) in [4.78, 5) is 21.5. The van der Waals surface area contributed by atoms with Gasteiger partial charge in [0, 0.05) is 39.6 Å². The van der Waals surface area contributed by atoms with E-state index in [0.717, 1.165) is 49.6 Å². The second kappa shape index (κ2) is 7.20. The summed E-state index contributed by atoms with van der Waals surface area (Å²) in [5.74, 6) is 1.24. The van der Waals surface area contributed by atoms with Gasteiger partial charge in [-0.25, -0.2) is 4.98 Å². The van der Waals surface area contributed by atoms with Gasteiger partial charge in [-0.05, 0) is 24.1 Å². The summed E-state index contributed by atoms with van der Waals surface area (Å²) in [5, 5.41) is 0. The van der Waals surface area contributed by atoms with Gasteiger partial charge in [0.05, 0.1) is 11.0 Å². The lowest BCUT2D eigenvalue weighted by molar-refractivity contribution is -0.131. The molecule has 1 aliphatic heterocycles. The van der Waals surface area contributed by atoms with E-state index in [4.69, 9.17) is 4.98 Å². The number of rotatable bonds is 4. The number of para-hydroxylation sites is 2. The molecule has 0 saturated carbocycles. The molecule has 134 valence electrons. The minimum absolute atomic E-state index is 0.249. The third kappa shape index (κ3) is 3.29. The number of piperazine rings is 1. The third-order valence-corrected chi connectivity index (χ3v) is 5.15. The van der Waals surface area contributed by atoms with E-state index in [1.807, 2.05) is 41.3 Å². The van der Waals surface area contributed by atoms with Gasteiger partial charge in [-0.2, -0.15) is 0 Å².